The number of nitrogens with zero attached hydrogens (tertiary/aromatic N) is 1. The Morgan fingerprint density at radius 1 is 1.44 bits per heavy atom. The van der Waals surface area contributed by atoms with Gasteiger partial charge in [-0.15, -0.1) is 0 Å². The topological polar surface area (TPSA) is 60.2 Å². The van der Waals surface area contributed by atoms with Crippen LogP contribution in [0.5, 0.6) is 0 Å². The maximum atomic E-state index is 5.79. The SMILES string of the molecule is CCCOCCCNc1cc(N)c(C)cn1. The predicted molar refractivity (Wildman–Crippen MR) is 67.6 cm³/mol. The van der Waals surface area contributed by atoms with Gasteiger partial charge in [-0.2, -0.15) is 0 Å². The molecule has 0 aromatic carbocycles. The first-order valence-electron chi connectivity index (χ1n) is 5.77. The van der Waals surface area contributed by atoms with Gasteiger partial charge < -0.3 is 15.8 Å². The third-order valence-electron chi connectivity index (χ3n) is 2.26. The Morgan fingerprint density at radius 3 is 2.94 bits per heavy atom. The van der Waals surface area contributed by atoms with Gasteiger partial charge in [0, 0.05) is 37.7 Å². The Hall–Kier alpha value is -1.29. The van der Waals surface area contributed by atoms with Crippen LogP contribution in [0.1, 0.15) is 25.3 Å². The maximum absolute atomic E-state index is 5.79. The monoisotopic (exact) mass is 223 g/mol. The number of aromatic nitrogens is 1. The molecule has 16 heavy (non-hydrogen) atoms. The summed E-state index contributed by atoms with van der Waals surface area (Å²) in [5, 5.41) is 3.22. The first kappa shape index (κ1) is 12.8. The van der Waals surface area contributed by atoms with Crippen LogP contribution in [0.4, 0.5) is 11.5 Å². The highest BCUT2D eigenvalue weighted by Crippen LogP contribution is 2.13. The molecule has 0 aliphatic rings. The number of hydrogen-bond acceptors (Lipinski definition) is 4. The average molecular weight is 223 g/mol. The molecule has 1 aromatic heterocycles. The molecule has 0 spiro atoms. The minimum atomic E-state index is 0.778. The normalized spacial score (nSPS) is 10.4. The molecule has 4 heteroatoms. The van der Waals surface area contributed by atoms with Crippen LogP contribution in [0.2, 0.25) is 0 Å². The fourth-order valence-electron chi connectivity index (χ4n) is 1.27. The highest BCUT2D eigenvalue weighted by Gasteiger charge is 1.97. The van der Waals surface area contributed by atoms with Gasteiger partial charge in [0.2, 0.25) is 0 Å². The van der Waals surface area contributed by atoms with Crippen LogP contribution in [0, 0.1) is 6.92 Å². The molecular weight excluding hydrogens is 202 g/mol. The van der Waals surface area contributed by atoms with Crippen LogP contribution in [0.15, 0.2) is 12.3 Å². The van der Waals surface area contributed by atoms with E-state index < -0.39 is 0 Å². The van der Waals surface area contributed by atoms with Crippen LogP contribution in [0.25, 0.3) is 0 Å². The molecule has 1 heterocycles. The third-order valence-corrected chi connectivity index (χ3v) is 2.26. The lowest BCUT2D eigenvalue weighted by Crippen LogP contribution is -2.07. The number of nitrogens with one attached hydrogen (secondary N) is 1. The Labute approximate surface area is 97.2 Å². The van der Waals surface area contributed by atoms with Crippen LogP contribution in [0.3, 0.4) is 0 Å². The quantitative estimate of drug-likeness (QED) is 0.696. The van der Waals surface area contributed by atoms with Gasteiger partial charge in [0.25, 0.3) is 0 Å². The minimum absolute atomic E-state index is 0.778. The first-order chi connectivity index (χ1) is 7.74. The van der Waals surface area contributed by atoms with Crippen LogP contribution >= 0.6 is 0 Å². The van der Waals surface area contributed by atoms with Gasteiger partial charge in [0.15, 0.2) is 0 Å². The molecule has 3 N–H and O–H groups in total. The highest BCUT2D eigenvalue weighted by molar-refractivity contribution is 5.53. The number of pyridine rings is 1. The van der Waals surface area contributed by atoms with E-state index in [9.17, 15) is 0 Å². The van der Waals surface area contributed by atoms with Crippen LogP contribution in [-0.2, 0) is 4.74 Å². The molecule has 0 radical (unpaired) electrons. The second-order valence-corrected chi connectivity index (χ2v) is 3.82. The van der Waals surface area contributed by atoms with Crippen molar-refractivity contribution in [3.63, 3.8) is 0 Å². The van der Waals surface area contributed by atoms with E-state index in [1.54, 1.807) is 6.20 Å². The van der Waals surface area contributed by atoms with Crippen molar-refractivity contribution in [3.05, 3.63) is 17.8 Å². The molecule has 0 fully saturated rings. The van der Waals surface area contributed by atoms with Crippen LogP contribution < -0.4 is 11.1 Å². The molecule has 0 saturated carbocycles. The minimum Gasteiger partial charge on any atom is -0.398 e. The molecule has 0 aliphatic heterocycles. The van der Waals surface area contributed by atoms with E-state index in [-0.39, 0.29) is 0 Å². The zero-order valence-electron chi connectivity index (χ0n) is 10.1. The zero-order valence-corrected chi connectivity index (χ0v) is 10.1. The third kappa shape index (κ3) is 4.49. The number of ether oxygens (including phenoxy) is 1. The van der Waals surface area contributed by atoms with E-state index in [2.05, 4.69) is 17.2 Å². The van der Waals surface area contributed by atoms with Crippen molar-refractivity contribution >= 4 is 11.5 Å². The Kier molecular flexibility index (Phi) is 5.64. The van der Waals surface area contributed by atoms with Crippen molar-refractivity contribution in [2.24, 2.45) is 0 Å². The van der Waals surface area contributed by atoms with Gasteiger partial charge in [-0.05, 0) is 25.3 Å². The summed E-state index contributed by atoms with van der Waals surface area (Å²) in [6.45, 7) is 6.55. The van der Waals surface area contributed by atoms with Crippen molar-refractivity contribution in [2.75, 3.05) is 30.8 Å². The molecule has 0 saturated heterocycles. The number of rotatable bonds is 7. The van der Waals surface area contributed by atoms with Crippen molar-refractivity contribution in [2.45, 2.75) is 26.7 Å². The largest absolute Gasteiger partial charge is 0.398 e. The summed E-state index contributed by atoms with van der Waals surface area (Å²) in [5.74, 6) is 0.832. The van der Waals surface area contributed by atoms with Gasteiger partial charge in [0.05, 0.1) is 0 Å². The fourth-order valence-corrected chi connectivity index (χ4v) is 1.27. The lowest BCUT2D eigenvalue weighted by atomic mass is 10.2. The molecule has 0 bridgehead atoms. The Bertz CT molecular complexity index is 315. The smallest absolute Gasteiger partial charge is 0.127 e. The molecule has 0 amide bonds. The Balaban J connectivity index is 2.19. The highest BCUT2D eigenvalue weighted by atomic mass is 16.5. The second kappa shape index (κ2) is 7.06. The lowest BCUT2D eigenvalue weighted by molar-refractivity contribution is 0.134. The number of aryl methyl sites for hydroxylation is 1. The fraction of sp³-hybridized carbons (Fsp3) is 0.583. The average Bonchev–Trinajstić information content (AvgIpc) is 2.28. The van der Waals surface area contributed by atoms with Crippen molar-refractivity contribution < 1.29 is 4.74 Å². The number of nitrogens with two attached hydrogens (primary N) is 1. The summed E-state index contributed by atoms with van der Waals surface area (Å²) >= 11 is 0. The molecule has 4 nitrogen and oxygen atoms in total. The van der Waals surface area contributed by atoms with Crippen molar-refractivity contribution in [3.8, 4) is 0 Å². The van der Waals surface area contributed by atoms with E-state index in [1.165, 1.54) is 0 Å². The van der Waals surface area contributed by atoms with Gasteiger partial charge in [0.1, 0.15) is 5.82 Å². The van der Waals surface area contributed by atoms with E-state index in [0.717, 1.165) is 49.7 Å². The summed E-state index contributed by atoms with van der Waals surface area (Å²) < 4.78 is 5.38. The zero-order chi connectivity index (χ0) is 11.8. The van der Waals surface area contributed by atoms with Crippen LogP contribution in [-0.4, -0.2) is 24.7 Å². The molecular formula is C12H21N3O. The maximum Gasteiger partial charge on any atom is 0.127 e. The summed E-state index contributed by atoms with van der Waals surface area (Å²) in [7, 11) is 0. The predicted octanol–water partition coefficient (Wildman–Crippen LogP) is 2.20. The van der Waals surface area contributed by atoms with Gasteiger partial charge in [-0.25, -0.2) is 4.98 Å². The summed E-state index contributed by atoms with van der Waals surface area (Å²) in [6.07, 6.45) is 3.84. The molecule has 0 aliphatic carbocycles. The van der Waals surface area contributed by atoms with Gasteiger partial charge in [-0.1, -0.05) is 6.92 Å². The van der Waals surface area contributed by atoms with E-state index in [4.69, 9.17) is 10.5 Å². The van der Waals surface area contributed by atoms with E-state index in [1.807, 2.05) is 13.0 Å². The van der Waals surface area contributed by atoms with Crippen molar-refractivity contribution in [1.82, 2.24) is 4.98 Å². The van der Waals surface area contributed by atoms with Gasteiger partial charge >= 0.3 is 0 Å². The molecule has 0 unspecified atom stereocenters. The Morgan fingerprint density at radius 2 is 2.25 bits per heavy atom. The van der Waals surface area contributed by atoms with E-state index >= 15 is 0 Å². The molecule has 1 aromatic rings. The lowest BCUT2D eigenvalue weighted by Gasteiger charge is -2.07. The van der Waals surface area contributed by atoms with E-state index in [0.29, 0.717) is 0 Å². The van der Waals surface area contributed by atoms with Gasteiger partial charge in [-0.3, -0.25) is 0 Å². The molecule has 90 valence electrons. The second-order valence-electron chi connectivity index (χ2n) is 3.82. The van der Waals surface area contributed by atoms with Crippen molar-refractivity contribution in [1.29, 1.82) is 0 Å². The summed E-state index contributed by atoms with van der Waals surface area (Å²) in [4.78, 5) is 4.24. The first-order valence-corrected chi connectivity index (χ1v) is 5.77. The summed E-state index contributed by atoms with van der Waals surface area (Å²) in [6, 6.07) is 1.86. The molecule has 1 rings (SSSR count). The number of anilines is 2. The standard InChI is InChI=1S/C12H21N3O/c1-3-6-16-7-4-5-14-12-8-11(13)10(2)9-15-12/h8-9H,3-7H2,1-2H3,(H3,13,14,15). The molecule has 0 atom stereocenters. The number of nitrogen functional groups attached to an aromatic ring is 1. The summed E-state index contributed by atoms with van der Waals surface area (Å²) in [5.41, 5.74) is 7.57. The number of hydrogen-bond donors (Lipinski definition) is 2.